The SMILES string of the molecule is CCCCCC=CC(C)[SiH](CCCCCCCCCC)CCCCCCCCCC. The van der Waals surface area contributed by atoms with Crippen LogP contribution in [0.5, 0.6) is 0 Å². The van der Waals surface area contributed by atoms with Crippen LogP contribution in [0.1, 0.15) is 156 Å². The van der Waals surface area contributed by atoms with Crippen LogP contribution in [0.15, 0.2) is 12.2 Å². The van der Waals surface area contributed by atoms with Gasteiger partial charge in [-0.3, -0.25) is 0 Å². The van der Waals surface area contributed by atoms with E-state index in [9.17, 15) is 0 Å². The molecule has 0 rings (SSSR count). The van der Waals surface area contributed by atoms with Gasteiger partial charge in [-0.25, -0.2) is 0 Å². The lowest BCUT2D eigenvalue weighted by atomic mass is 10.1. The predicted molar refractivity (Wildman–Crippen MR) is 145 cm³/mol. The largest absolute Gasteiger partial charge is 0.0886 e. The molecular formula is C29H60Si. The Morgan fingerprint density at radius 3 is 1.30 bits per heavy atom. The zero-order valence-electron chi connectivity index (χ0n) is 21.9. The summed E-state index contributed by atoms with van der Waals surface area (Å²) in [4.78, 5) is 0. The van der Waals surface area contributed by atoms with Crippen molar-refractivity contribution in [2.45, 2.75) is 174 Å². The third-order valence-electron chi connectivity index (χ3n) is 7.01. The molecule has 0 N–H and O–H groups in total. The van der Waals surface area contributed by atoms with Gasteiger partial charge in [0.25, 0.3) is 0 Å². The van der Waals surface area contributed by atoms with Crippen molar-refractivity contribution in [2.24, 2.45) is 0 Å². The summed E-state index contributed by atoms with van der Waals surface area (Å²) in [5.41, 5.74) is 0.917. The highest BCUT2D eigenvalue weighted by Crippen LogP contribution is 2.25. The Bertz CT molecular complexity index is 315. The lowest BCUT2D eigenvalue weighted by molar-refractivity contribution is 0.580. The van der Waals surface area contributed by atoms with Crippen molar-refractivity contribution >= 4 is 8.80 Å². The van der Waals surface area contributed by atoms with E-state index < -0.39 is 8.80 Å². The quantitative estimate of drug-likeness (QED) is 0.0801. The summed E-state index contributed by atoms with van der Waals surface area (Å²) >= 11 is 0. The van der Waals surface area contributed by atoms with Gasteiger partial charge in [0.1, 0.15) is 0 Å². The maximum Gasteiger partial charge on any atom is 0.0437 e. The van der Waals surface area contributed by atoms with E-state index in [0.717, 1.165) is 5.54 Å². The van der Waals surface area contributed by atoms with Crippen LogP contribution in [0.4, 0.5) is 0 Å². The minimum absolute atomic E-state index is 0.613. The molecule has 1 unspecified atom stereocenters. The molecule has 0 fully saturated rings. The number of unbranched alkanes of at least 4 members (excludes halogenated alkanes) is 17. The number of allylic oxidation sites excluding steroid dienone is 2. The van der Waals surface area contributed by atoms with Gasteiger partial charge >= 0.3 is 0 Å². The average Bonchev–Trinajstić information content (AvgIpc) is 2.75. The first-order valence-electron chi connectivity index (χ1n) is 14.4. The fraction of sp³-hybridized carbons (Fsp3) is 0.931. The Morgan fingerprint density at radius 2 is 0.867 bits per heavy atom. The summed E-state index contributed by atoms with van der Waals surface area (Å²) < 4.78 is 0. The Kier molecular flexibility index (Phi) is 25.2. The minimum atomic E-state index is -0.613. The molecule has 0 spiro atoms. The fourth-order valence-corrected chi connectivity index (χ4v) is 8.17. The summed E-state index contributed by atoms with van der Waals surface area (Å²) in [6.07, 6.45) is 34.1. The third-order valence-corrected chi connectivity index (χ3v) is 11.0. The van der Waals surface area contributed by atoms with Crippen molar-refractivity contribution < 1.29 is 0 Å². The highest BCUT2D eigenvalue weighted by molar-refractivity contribution is 6.60. The van der Waals surface area contributed by atoms with Gasteiger partial charge in [0.05, 0.1) is 0 Å². The molecular weight excluding hydrogens is 376 g/mol. The molecule has 1 heteroatoms. The Balaban J connectivity index is 4.08. The van der Waals surface area contributed by atoms with E-state index in [4.69, 9.17) is 0 Å². The molecule has 0 radical (unpaired) electrons. The molecule has 180 valence electrons. The smallest absolute Gasteiger partial charge is 0.0437 e. The van der Waals surface area contributed by atoms with Crippen LogP contribution in [0.2, 0.25) is 17.6 Å². The minimum Gasteiger partial charge on any atom is -0.0886 e. The maximum absolute atomic E-state index is 2.63. The summed E-state index contributed by atoms with van der Waals surface area (Å²) in [6.45, 7) is 9.50. The van der Waals surface area contributed by atoms with E-state index in [-0.39, 0.29) is 0 Å². The number of rotatable bonds is 24. The molecule has 0 aliphatic heterocycles. The second-order valence-electron chi connectivity index (χ2n) is 10.1. The molecule has 1 atom stereocenters. The van der Waals surface area contributed by atoms with Gasteiger partial charge in [-0.1, -0.05) is 168 Å². The molecule has 0 aromatic rings. The standard InChI is InChI=1S/C29H60Si/c1-5-8-11-14-16-18-21-24-27-30(29(4)26-23-20-13-10-7-3)28-25-22-19-17-15-12-9-6-2/h23,26,29-30H,5-22,24-25,27-28H2,1-4H3. The van der Waals surface area contributed by atoms with Crippen molar-refractivity contribution in [2.75, 3.05) is 0 Å². The van der Waals surface area contributed by atoms with E-state index in [1.165, 1.54) is 128 Å². The topological polar surface area (TPSA) is 0 Å². The van der Waals surface area contributed by atoms with Gasteiger partial charge in [0, 0.05) is 8.80 Å². The number of hydrogen-bond donors (Lipinski definition) is 0. The van der Waals surface area contributed by atoms with Crippen LogP contribution >= 0.6 is 0 Å². The molecule has 0 amide bonds. The van der Waals surface area contributed by atoms with E-state index in [2.05, 4.69) is 39.8 Å². The molecule has 0 bridgehead atoms. The zero-order chi connectivity index (χ0) is 22.1. The molecule has 0 saturated carbocycles. The van der Waals surface area contributed by atoms with Gasteiger partial charge in [-0.05, 0) is 18.4 Å². The van der Waals surface area contributed by atoms with Crippen LogP contribution in [-0.2, 0) is 0 Å². The number of hydrogen-bond acceptors (Lipinski definition) is 0. The second kappa shape index (κ2) is 25.2. The van der Waals surface area contributed by atoms with Crippen molar-refractivity contribution in [1.29, 1.82) is 0 Å². The molecule has 30 heavy (non-hydrogen) atoms. The summed E-state index contributed by atoms with van der Waals surface area (Å²) in [5.74, 6) is 0. The van der Waals surface area contributed by atoms with Gasteiger partial charge in [0.15, 0.2) is 0 Å². The molecule has 0 nitrogen and oxygen atoms in total. The maximum atomic E-state index is 2.63. The van der Waals surface area contributed by atoms with Crippen LogP contribution in [-0.4, -0.2) is 8.80 Å². The highest BCUT2D eigenvalue weighted by atomic mass is 28.3. The van der Waals surface area contributed by atoms with Gasteiger partial charge in [-0.2, -0.15) is 0 Å². The van der Waals surface area contributed by atoms with Crippen LogP contribution in [0.25, 0.3) is 0 Å². The molecule has 0 aliphatic rings. The fourth-order valence-electron chi connectivity index (χ4n) is 4.73. The van der Waals surface area contributed by atoms with E-state index in [0.29, 0.717) is 0 Å². The zero-order valence-corrected chi connectivity index (χ0v) is 23.0. The molecule has 0 aromatic carbocycles. The third kappa shape index (κ3) is 21.2. The van der Waals surface area contributed by atoms with Crippen molar-refractivity contribution in [1.82, 2.24) is 0 Å². The van der Waals surface area contributed by atoms with E-state index in [1.54, 1.807) is 12.1 Å². The highest BCUT2D eigenvalue weighted by Gasteiger charge is 2.16. The van der Waals surface area contributed by atoms with Crippen molar-refractivity contribution in [3.05, 3.63) is 12.2 Å². The molecule has 0 aromatic heterocycles. The first kappa shape index (κ1) is 30.0. The van der Waals surface area contributed by atoms with E-state index in [1.807, 2.05) is 0 Å². The predicted octanol–water partition coefficient (Wildman–Crippen LogP) is 11.0. The first-order valence-corrected chi connectivity index (χ1v) is 16.7. The molecule has 0 aliphatic carbocycles. The van der Waals surface area contributed by atoms with Gasteiger partial charge in [0.2, 0.25) is 0 Å². The lowest BCUT2D eigenvalue weighted by Gasteiger charge is -2.20. The van der Waals surface area contributed by atoms with Crippen molar-refractivity contribution in [3.63, 3.8) is 0 Å². The van der Waals surface area contributed by atoms with Crippen LogP contribution in [0, 0.1) is 0 Å². The second-order valence-corrected chi connectivity index (χ2v) is 13.8. The summed E-state index contributed by atoms with van der Waals surface area (Å²) in [6, 6.07) is 3.21. The average molecular weight is 437 g/mol. The Hall–Kier alpha value is -0.0431. The lowest BCUT2D eigenvalue weighted by Crippen LogP contribution is -2.17. The normalized spacial score (nSPS) is 13.0. The monoisotopic (exact) mass is 436 g/mol. The van der Waals surface area contributed by atoms with Crippen LogP contribution in [0.3, 0.4) is 0 Å². The van der Waals surface area contributed by atoms with Crippen LogP contribution < -0.4 is 0 Å². The molecule has 0 heterocycles. The van der Waals surface area contributed by atoms with E-state index >= 15 is 0 Å². The molecule has 0 saturated heterocycles. The van der Waals surface area contributed by atoms with Gasteiger partial charge in [-0.15, -0.1) is 0 Å². The van der Waals surface area contributed by atoms with Crippen molar-refractivity contribution in [3.8, 4) is 0 Å². The first-order chi connectivity index (χ1) is 14.8. The summed E-state index contributed by atoms with van der Waals surface area (Å²) in [5, 5.41) is 0. The summed E-state index contributed by atoms with van der Waals surface area (Å²) in [7, 11) is -0.613. The van der Waals surface area contributed by atoms with Gasteiger partial charge < -0.3 is 0 Å². The Labute approximate surface area is 194 Å². The Morgan fingerprint density at radius 1 is 0.500 bits per heavy atom.